The molecule has 8 rings (SSSR count). The van der Waals surface area contributed by atoms with E-state index in [1.807, 2.05) is 4.90 Å². The third-order valence-electron chi connectivity index (χ3n) is 12.0. The van der Waals surface area contributed by atoms with E-state index in [1.54, 1.807) is 27.7 Å². The zero-order valence-electron chi connectivity index (χ0n) is 27.4. The number of nitrogens with one attached hydrogen (secondary N) is 1. The van der Waals surface area contributed by atoms with Crippen LogP contribution in [0.2, 0.25) is 0 Å². The quantitative estimate of drug-likeness (QED) is 0.318. The molecule has 0 aromatic rings. The maximum atomic E-state index is 14.5. The number of esters is 2. The molecule has 2 amide bonds. The number of fused-ring (bicyclic) bond motifs is 5. The number of amides is 2. The average molecular weight is 632 g/mol. The van der Waals surface area contributed by atoms with E-state index in [4.69, 9.17) is 19.2 Å². The Morgan fingerprint density at radius 1 is 1.15 bits per heavy atom. The molecule has 0 radical (unpaired) electrons. The fourth-order valence-corrected chi connectivity index (χ4v) is 9.74. The van der Waals surface area contributed by atoms with Gasteiger partial charge in [-0.2, -0.15) is 0 Å². The Morgan fingerprint density at radius 3 is 2.65 bits per heavy atom. The molecule has 10 nitrogen and oxygen atoms in total. The number of nitrogens with zero attached hydrogens (tertiary/aromatic N) is 2. The average Bonchev–Trinajstić information content (AvgIpc) is 3.89. The third-order valence-corrected chi connectivity index (χ3v) is 12.0. The van der Waals surface area contributed by atoms with E-state index in [1.165, 1.54) is 5.57 Å². The number of alkyl carbamates (subject to hydrolysis) is 1. The van der Waals surface area contributed by atoms with Crippen molar-refractivity contribution in [2.24, 2.45) is 39.5 Å². The molecular formula is C36H45N3O7. The summed E-state index contributed by atoms with van der Waals surface area (Å²) in [6.07, 6.45) is 14.7. The molecule has 4 aliphatic carbocycles. The third kappa shape index (κ3) is 4.23. The van der Waals surface area contributed by atoms with Gasteiger partial charge in [0, 0.05) is 23.8 Å². The SMILES string of the molecule is CCC1(OC(=O)C(CC2CCCCC2)NC(=O)OC(C)(C)C)C(=O)OCC23C(=O)N4CC56CC5C5=CCCC=C5N=C6C4=CC2C13. The summed E-state index contributed by atoms with van der Waals surface area (Å²) < 4.78 is 17.5. The molecule has 8 aliphatic rings. The van der Waals surface area contributed by atoms with Crippen molar-refractivity contribution in [1.29, 1.82) is 0 Å². The summed E-state index contributed by atoms with van der Waals surface area (Å²) >= 11 is 0. The van der Waals surface area contributed by atoms with Gasteiger partial charge in [0.2, 0.25) is 11.5 Å². The maximum absolute atomic E-state index is 14.5. The highest BCUT2D eigenvalue weighted by molar-refractivity contribution is 6.15. The van der Waals surface area contributed by atoms with Gasteiger partial charge in [0.25, 0.3) is 0 Å². The molecule has 7 atom stereocenters. The molecule has 7 unspecified atom stereocenters. The second-order valence-electron chi connectivity index (χ2n) is 15.9. The zero-order chi connectivity index (χ0) is 32.2. The van der Waals surface area contributed by atoms with Crippen LogP contribution in [0.3, 0.4) is 0 Å². The molecule has 2 saturated heterocycles. The van der Waals surface area contributed by atoms with Gasteiger partial charge in [-0.1, -0.05) is 57.3 Å². The first-order valence-electron chi connectivity index (χ1n) is 17.4. The van der Waals surface area contributed by atoms with Gasteiger partial charge >= 0.3 is 18.0 Å². The largest absolute Gasteiger partial charge is 0.462 e. The summed E-state index contributed by atoms with van der Waals surface area (Å²) in [6, 6.07) is -0.987. The summed E-state index contributed by atoms with van der Waals surface area (Å²) in [5.41, 5.74) is 0.753. The smallest absolute Gasteiger partial charge is 0.408 e. The van der Waals surface area contributed by atoms with Crippen molar-refractivity contribution < 1.29 is 33.4 Å². The fourth-order valence-electron chi connectivity index (χ4n) is 9.74. The molecular weight excluding hydrogens is 586 g/mol. The minimum atomic E-state index is -1.64. The minimum Gasteiger partial charge on any atom is -0.462 e. The normalized spacial score (nSPS) is 37.7. The van der Waals surface area contributed by atoms with E-state index < -0.39 is 46.6 Å². The first-order valence-corrected chi connectivity index (χ1v) is 17.4. The van der Waals surface area contributed by atoms with Crippen molar-refractivity contribution in [2.45, 2.75) is 109 Å². The van der Waals surface area contributed by atoms with Crippen LogP contribution in [0.25, 0.3) is 0 Å². The van der Waals surface area contributed by atoms with Gasteiger partial charge in [0.1, 0.15) is 18.2 Å². The first kappa shape index (κ1) is 29.9. The number of hydrogen-bond acceptors (Lipinski definition) is 8. The Kier molecular flexibility index (Phi) is 6.53. The molecule has 4 aliphatic heterocycles. The van der Waals surface area contributed by atoms with E-state index in [9.17, 15) is 19.2 Å². The summed E-state index contributed by atoms with van der Waals surface area (Å²) in [5, 5.41) is 2.76. The van der Waals surface area contributed by atoms with E-state index >= 15 is 0 Å². The van der Waals surface area contributed by atoms with Gasteiger partial charge in [-0.15, -0.1) is 0 Å². The Hall–Kier alpha value is -3.43. The highest BCUT2D eigenvalue weighted by Crippen LogP contribution is 2.74. The second-order valence-corrected chi connectivity index (χ2v) is 15.9. The van der Waals surface area contributed by atoms with Crippen molar-refractivity contribution in [3.05, 3.63) is 35.2 Å². The molecule has 4 heterocycles. The number of allylic oxidation sites excluding steroid dienone is 5. The number of carbonyl (C=O) groups excluding carboxylic acids is 4. The number of rotatable bonds is 6. The van der Waals surface area contributed by atoms with Gasteiger partial charge in [0.05, 0.1) is 22.5 Å². The summed E-state index contributed by atoms with van der Waals surface area (Å²) in [5.74, 6) is -1.58. The van der Waals surface area contributed by atoms with Crippen LogP contribution in [0.1, 0.15) is 91.9 Å². The van der Waals surface area contributed by atoms with Crippen LogP contribution in [0, 0.1) is 34.5 Å². The van der Waals surface area contributed by atoms with E-state index in [0.717, 1.165) is 68.5 Å². The highest BCUT2D eigenvalue weighted by Gasteiger charge is 2.84. The topological polar surface area (TPSA) is 124 Å². The van der Waals surface area contributed by atoms with Crippen LogP contribution in [0.4, 0.5) is 4.79 Å². The molecule has 0 aromatic heterocycles. The predicted molar refractivity (Wildman–Crippen MR) is 167 cm³/mol. The molecule has 3 saturated carbocycles. The zero-order valence-corrected chi connectivity index (χ0v) is 27.4. The summed E-state index contributed by atoms with van der Waals surface area (Å²) in [6.45, 7) is 7.66. The van der Waals surface area contributed by atoms with Crippen LogP contribution in [0.5, 0.6) is 0 Å². The number of carbonyl (C=O) groups is 4. The molecule has 0 aromatic carbocycles. The molecule has 1 N–H and O–H groups in total. The Morgan fingerprint density at radius 2 is 1.91 bits per heavy atom. The second kappa shape index (κ2) is 10.0. The van der Waals surface area contributed by atoms with Gasteiger partial charge in [-0.3, -0.25) is 9.79 Å². The van der Waals surface area contributed by atoms with Crippen LogP contribution in [-0.4, -0.2) is 64.9 Å². The monoisotopic (exact) mass is 631 g/mol. The standard InChI is InChI=1S/C36H45N3O7/c1-5-36(45-29(40)25(15-20-11-7-6-8-12-20)38-32(43)46-33(2,3)4)27-22-16-26-28-34(17-23(34)21-13-9-10-14-24(21)37-28)18-39(26)30(41)35(22,27)19-44-31(36)42/h13-14,16,20,22-23,25,27H,5-12,15,17-19H2,1-4H3,(H,38,43). The Balaban J connectivity index is 1.09. The van der Waals surface area contributed by atoms with Crippen LogP contribution >= 0.6 is 0 Å². The van der Waals surface area contributed by atoms with Crippen molar-refractivity contribution >= 4 is 29.7 Å². The first-order chi connectivity index (χ1) is 21.9. The van der Waals surface area contributed by atoms with Crippen LogP contribution in [0.15, 0.2) is 40.2 Å². The van der Waals surface area contributed by atoms with Gasteiger partial charge in [-0.25, -0.2) is 14.4 Å². The highest BCUT2D eigenvalue weighted by atomic mass is 16.6. The molecule has 246 valence electrons. The lowest BCUT2D eigenvalue weighted by Crippen LogP contribution is -2.57. The molecule has 5 fully saturated rings. The number of hydrogen-bond donors (Lipinski definition) is 1. The molecule has 0 bridgehead atoms. The lowest BCUT2D eigenvalue weighted by Gasteiger charge is -2.38. The maximum Gasteiger partial charge on any atom is 0.408 e. The fraction of sp³-hybridized carbons (Fsp3) is 0.694. The summed E-state index contributed by atoms with van der Waals surface area (Å²) in [7, 11) is 0. The lowest BCUT2D eigenvalue weighted by molar-refractivity contribution is -0.199. The van der Waals surface area contributed by atoms with E-state index in [2.05, 4.69) is 23.5 Å². The van der Waals surface area contributed by atoms with Gasteiger partial charge in [-0.05, 0) is 70.3 Å². The van der Waals surface area contributed by atoms with Crippen LogP contribution < -0.4 is 5.32 Å². The number of ether oxygens (including phenoxy) is 3. The van der Waals surface area contributed by atoms with Crippen molar-refractivity contribution in [1.82, 2.24) is 10.2 Å². The van der Waals surface area contributed by atoms with Crippen molar-refractivity contribution in [3.63, 3.8) is 0 Å². The number of cyclic esters (lactones) is 1. The minimum absolute atomic E-state index is 0.0273. The molecule has 46 heavy (non-hydrogen) atoms. The lowest BCUT2D eigenvalue weighted by atomic mass is 9.84. The predicted octanol–water partition coefficient (Wildman–Crippen LogP) is 5.14. The Bertz CT molecular complexity index is 1550. The molecule has 2 spiro atoms. The van der Waals surface area contributed by atoms with E-state index in [-0.39, 0.29) is 36.2 Å². The summed E-state index contributed by atoms with van der Waals surface area (Å²) in [4.78, 5) is 62.1. The number of aliphatic imine (C=N–C) groups is 1. The van der Waals surface area contributed by atoms with Crippen molar-refractivity contribution in [3.8, 4) is 0 Å². The van der Waals surface area contributed by atoms with Crippen molar-refractivity contribution in [2.75, 3.05) is 13.2 Å². The van der Waals surface area contributed by atoms with Crippen LogP contribution in [-0.2, 0) is 28.6 Å². The molecule has 10 heteroatoms. The van der Waals surface area contributed by atoms with Gasteiger partial charge in [0.15, 0.2) is 0 Å². The van der Waals surface area contributed by atoms with E-state index in [0.29, 0.717) is 18.9 Å². The van der Waals surface area contributed by atoms with Gasteiger partial charge < -0.3 is 24.4 Å². The Labute approximate surface area is 270 Å².